The van der Waals surface area contributed by atoms with Gasteiger partial charge >= 0.3 is 0 Å². The van der Waals surface area contributed by atoms with Gasteiger partial charge in [-0.25, -0.2) is 0 Å². The zero-order chi connectivity index (χ0) is 10.8. The van der Waals surface area contributed by atoms with Crippen molar-refractivity contribution in [3.63, 3.8) is 0 Å². The number of hydrogen-bond acceptors (Lipinski definition) is 2. The van der Waals surface area contributed by atoms with E-state index in [4.69, 9.17) is 10.5 Å². The van der Waals surface area contributed by atoms with Gasteiger partial charge in [-0.2, -0.15) is 0 Å². The number of nitrogens with two attached hydrogens (primary N) is 1. The molecule has 0 saturated carbocycles. The Kier molecular flexibility index (Phi) is 2.96. The molecular weight excluding hydrogens is 186 g/mol. The lowest BCUT2D eigenvalue weighted by Crippen LogP contribution is -2.09. The van der Waals surface area contributed by atoms with E-state index >= 15 is 0 Å². The van der Waals surface area contributed by atoms with E-state index in [0.717, 1.165) is 18.7 Å². The highest BCUT2D eigenvalue weighted by molar-refractivity contribution is 5.41. The molecule has 82 valence electrons. The maximum Gasteiger partial charge on any atom is 0.119 e. The first kappa shape index (κ1) is 10.5. The maximum atomic E-state index is 5.74. The van der Waals surface area contributed by atoms with Gasteiger partial charge in [0.05, 0.1) is 6.10 Å². The molecular formula is C13H19NO. The van der Waals surface area contributed by atoms with Crippen LogP contribution in [-0.2, 0) is 6.42 Å². The smallest absolute Gasteiger partial charge is 0.119 e. The Morgan fingerprint density at radius 2 is 2.27 bits per heavy atom. The van der Waals surface area contributed by atoms with Crippen LogP contribution in [-0.4, -0.2) is 12.6 Å². The largest absolute Gasteiger partial charge is 0.491 e. The van der Waals surface area contributed by atoms with Gasteiger partial charge in [0.25, 0.3) is 0 Å². The fourth-order valence-electron chi connectivity index (χ4n) is 2.27. The molecule has 2 heteroatoms. The summed E-state index contributed by atoms with van der Waals surface area (Å²) in [6.07, 6.45) is 2.58. The molecule has 0 saturated heterocycles. The van der Waals surface area contributed by atoms with Crippen LogP contribution in [0.5, 0.6) is 5.75 Å². The van der Waals surface area contributed by atoms with Crippen LogP contribution in [0, 0.1) is 0 Å². The van der Waals surface area contributed by atoms with Gasteiger partial charge in [0.15, 0.2) is 0 Å². The number of aryl methyl sites for hydroxylation is 1. The Balaban J connectivity index is 2.21. The van der Waals surface area contributed by atoms with E-state index in [-0.39, 0.29) is 6.10 Å². The first-order chi connectivity index (χ1) is 7.20. The van der Waals surface area contributed by atoms with E-state index in [1.165, 1.54) is 17.5 Å². The van der Waals surface area contributed by atoms with Crippen molar-refractivity contribution in [2.45, 2.75) is 38.7 Å². The summed E-state index contributed by atoms with van der Waals surface area (Å²) in [5.74, 6) is 1.55. The zero-order valence-electron chi connectivity index (χ0n) is 9.49. The second-order valence-corrected chi connectivity index (χ2v) is 4.50. The van der Waals surface area contributed by atoms with E-state index in [2.05, 4.69) is 32.0 Å². The second kappa shape index (κ2) is 4.23. The van der Waals surface area contributed by atoms with Gasteiger partial charge in [0, 0.05) is 0 Å². The van der Waals surface area contributed by atoms with Gasteiger partial charge in [0.1, 0.15) is 5.75 Å². The predicted molar refractivity (Wildman–Crippen MR) is 62.3 cm³/mol. The standard InChI is InChI=1S/C13H19NO/c1-9(2)15-12-5-6-13-10(7-12)3-4-11(13)8-14/h5-7,9,11H,3-4,8,14H2,1-2H3. The highest BCUT2D eigenvalue weighted by Crippen LogP contribution is 2.34. The lowest BCUT2D eigenvalue weighted by molar-refractivity contribution is 0.242. The molecule has 1 aromatic rings. The fourth-order valence-corrected chi connectivity index (χ4v) is 2.27. The minimum absolute atomic E-state index is 0.245. The minimum atomic E-state index is 0.245. The molecule has 1 aliphatic rings. The zero-order valence-corrected chi connectivity index (χ0v) is 9.49. The molecule has 0 heterocycles. The van der Waals surface area contributed by atoms with Crippen LogP contribution in [0.4, 0.5) is 0 Å². The Hall–Kier alpha value is -1.02. The van der Waals surface area contributed by atoms with Crippen molar-refractivity contribution in [1.82, 2.24) is 0 Å². The highest BCUT2D eigenvalue weighted by Gasteiger charge is 2.21. The number of benzene rings is 1. The van der Waals surface area contributed by atoms with Crippen molar-refractivity contribution < 1.29 is 4.74 Å². The Labute approximate surface area is 91.4 Å². The van der Waals surface area contributed by atoms with Crippen LogP contribution in [0.15, 0.2) is 18.2 Å². The van der Waals surface area contributed by atoms with Crippen molar-refractivity contribution in [2.24, 2.45) is 5.73 Å². The molecule has 1 atom stereocenters. The molecule has 15 heavy (non-hydrogen) atoms. The number of ether oxygens (including phenoxy) is 1. The Morgan fingerprint density at radius 3 is 2.93 bits per heavy atom. The molecule has 1 aliphatic carbocycles. The normalized spacial score (nSPS) is 19.3. The van der Waals surface area contributed by atoms with E-state index in [0.29, 0.717) is 5.92 Å². The van der Waals surface area contributed by atoms with Crippen LogP contribution < -0.4 is 10.5 Å². The van der Waals surface area contributed by atoms with E-state index in [1.54, 1.807) is 0 Å². The first-order valence-corrected chi connectivity index (χ1v) is 5.70. The van der Waals surface area contributed by atoms with E-state index in [1.807, 2.05) is 0 Å². The van der Waals surface area contributed by atoms with Crippen LogP contribution in [0.25, 0.3) is 0 Å². The summed E-state index contributed by atoms with van der Waals surface area (Å²) < 4.78 is 5.68. The summed E-state index contributed by atoms with van der Waals surface area (Å²) in [4.78, 5) is 0. The van der Waals surface area contributed by atoms with Crippen LogP contribution >= 0.6 is 0 Å². The van der Waals surface area contributed by atoms with Gasteiger partial charge < -0.3 is 10.5 Å². The molecule has 0 radical (unpaired) electrons. The number of hydrogen-bond donors (Lipinski definition) is 1. The molecule has 2 rings (SSSR count). The molecule has 0 fully saturated rings. The molecule has 0 spiro atoms. The third-order valence-corrected chi connectivity index (χ3v) is 2.97. The quantitative estimate of drug-likeness (QED) is 0.822. The second-order valence-electron chi connectivity index (χ2n) is 4.50. The monoisotopic (exact) mass is 205 g/mol. The minimum Gasteiger partial charge on any atom is -0.491 e. The average molecular weight is 205 g/mol. The van der Waals surface area contributed by atoms with Crippen molar-refractivity contribution >= 4 is 0 Å². The van der Waals surface area contributed by atoms with Crippen LogP contribution in [0.2, 0.25) is 0 Å². The predicted octanol–water partition coefficient (Wildman–Crippen LogP) is 2.46. The number of fused-ring (bicyclic) bond motifs is 1. The summed E-state index contributed by atoms with van der Waals surface area (Å²) in [6, 6.07) is 6.41. The third-order valence-electron chi connectivity index (χ3n) is 2.97. The van der Waals surface area contributed by atoms with Gasteiger partial charge in [-0.1, -0.05) is 6.07 Å². The molecule has 0 amide bonds. The molecule has 2 N–H and O–H groups in total. The molecule has 2 nitrogen and oxygen atoms in total. The average Bonchev–Trinajstić information content (AvgIpc) is 2.58. The molecule has 1 aromatic carbocycles. The van der Waals surface area contributed by atoms with E-state index < -0.39 is 0 Å². The first-order valence-electron chi connectivity index (χ1n) is 5.70. The molecule has 0 bridgehead atoms. The fraction of sp³-hybridized carbons (Fsp3) is 0.538. The van der Waals surface area contributed by atoms with Crippen LogP contribution in [0.3, 0.4) is 0 Å². The summed E-state index contributed by atoms with van der Waals surface area (Å²) in [6.45, 7) is 4.86. The highest BCUT2D eigenvalue weighted by atomic mass is 16.5. The number of rotatable bonds is 3. The lowest BCUT2D eigenvalue weighted by Gasteiger charge is -2.12. The van der Waals surface area contributed by atoms with Crippen molar-refractivity contribution in [1.29, 1.82) is 0 Å². The maximum absolute atomic E-state index is 5.74. The lowest BCUT2D eigenvalue weighted by atomic mass is 10.0. The summed E-state index contributed by atoms with van der Waals surface area (Å²) in [7, 11) is 0. The third kappa shape index (κ3) is 2.15. The van der Waals surface area contributed by atoms with E-state index in [9.17, 15) is 0 Å². The topological polar surface area (TPSA) is 35.2 Å². The van der Waals surface area contributed by atoms with Crippen molar-refractivity contribution in [3.8, 4) is 5.75 Å². The molecule has 0 aliphatic heterocycles. The summed E-state index contributed by atoms with van der Waals surface area (Å²) >= 11 is 0. The van der Waals surface area contributed by atoms with Crippen LogP contribution in [0.1, 0.15) is 37.3 Å². The molecule has 1 unspecified atom stereocenters. The summed E-state index contributed by atoms with van der Waals surface area (Å²) in [5.41, 5.74) is 8.58. The van der Waals surface area contributed by atoms with Gasteiger partial charge in [-0.05, 0) is 62.4 Å². The van der Waals surface area contributed by atoms with Gasteiger partial charge in [-0.3, -0.25) is 0 Å². The molecule has 0 aromatic heterocycles. The Bertz CT molecular complexity index is 346. The SMILES string of the molecule is CC(C)Oc1ccc2c(c1)CCC2CN. The van der Waals surface area contributed by atoms with Crippen molar-refractivity contribution in [3.05, 3.63) is 29.3 Å². The van der Waals surface area contributed by atoms with Gasteiger partial charge in [-0.15, -0.1) is 0 Å². The van der Waals surface area contributed by atoms with Crippen molar-refractivity contribution in [2.75, 3.05) is 6.54 Å². The Morgan fingerprint density at radius 1 is 1.47 bits per heavy atom. The van der Waals surface area contributed by atoms with Gasteiger partial charge in [0.2, 0.25) is 0 Å². The summed E-state index contributed by atoms with van der Waals surface area (Å²) in [5, 5.41) is 0.